The third-order valence-corrected chi connectivity index (χ3v) is 3.24. The van der Waals surface area contributed by atoms with Gasteiger partial charge < -0.3 is 15.0 Å². The Kier molecular flexibility index (Phi) is 3.59. The third-order valence-electron chi connectivity index (χ3n) is 3.24. The van der Waals surface area contributed by atoms with E-state index in [0.717, 1.165) is 32.5 Å². The van der Waals surface area contributed by atoms with Gasteiger partial charge in [-0.2, -0.15) is 0 Å². The summed E-state index contributed by atoms with van der Waals surface area (Å²) in [5, 5.41) is 3.40. The van der Waals surface area contributed by atoms with Crippen LogP contribution in [0.1, 0.15) is 25.7 Å². The van der Waals surface area contributed by atoms with Gasteiger partial charge in [-0.1, -0.05) is 0 Å². The molecule has 2 rings (SSSR count). The minimum atomic E-state index is -0.170. The number of amides is 1. The summed E-state index contributed by atoms with van der Waals surface area (Å²) in [7, 11) is 1.88. The monoisotopic (exact) mass is 212 g/mol. The Hall–Kier alpha value is -0.610. The van der Waals surface area contributed by atoms with Crippen LogP contribution in [0.4, 0.5) is 0 Å². The predicted molar refractivity (Wildman–Crippen MR) is 57.6 cm³/mol. The third kappa shape index (κ3) is 2.69. The molecule has 2 heterocycles. The fourth-order valence-electron chi connectivity index (χ4n) is 2.35. The van der Waals surface area contributed by atoms with Gasteiger partial charge >= 0.3 is 0 Å². The second-order valence-electron chi connectivity index (χ2n) is 4.51. The summed E-state index contributed by atoms with van der Waals surface area (Å²) in [6, 6.07) is 0.486. The Labute approximate surface area is 91.0 Å². The lowest BCUT2D eigenvalue weighted by molar-refractivity contribution is -0.139. The molecule has 0 spiro atoms. The van der Waals surface area contributed by atoms with E-state index in [0.29, 0.717) is 6.04 Å². The van der Waals surface area contributed by atoms with E-state index in [1.807, 2.05) is 11.9 Å². The molecule has 2 aliphatic heterocycles. The second kappa shape index (κ2) is 4.94. The maximum atomic E-state index is 11.9. The van der Waals surface area contributed by atoms with Crippen LogP contribution in [-0.4, -0.2) is 49.7 Å². The molecule has 1 amide bonds. The molecule has 2 saturated heterocycles. The fraction of sp³-hybridized carbons (Fsp3) is 0.909. The van der Waals surface area contributed by atoms with Gasteiger partial charge in [-0.05, 0) is 32.2 Å². The first-order chi connectivity index (χ1) is 7.27. The Morgan fingerprint density at radius 1 is 1.47 bits per heavy atom. The van der Waals surface area contributed by atoms with E-state index < -0.39 is 0 Å². The average Bonchev–Trinajstić information content (AvgIpc) is 2.88. The first kappa shape index (κ1) is 10.9. The molecule has 0 saturated carbocycles. The topological polar surface area (TPSA) is 41.6 Å². The van der Waals surface area contributed by atoms with Crippen molar-refractivity contribution in [2.75, 3.05) is 26.7 Å². The summed E-state index contributed by atoms with van der Waals surface area (Å²) in [6.07, 6.45) is 4.15. The highest BCUT2D eigenvalue weighted by molar-refractivity contribution is 5.80. The fourth-order valence-corrected chi connectivity index (χ4v) is 2.35. The molecule has 0 bridgehead atoms. The van der Waals surface area contributed by atoms with Crippen LogP contribution in [0.5, 0.6) is 0 Å². The van der Waals surface area contributed by atoms with E-state index >= 15 is 0 Å². The maximum absolute atomic E-state index is 11.9. The summed E-state index contributed by atoms with van der Waals surface area (Å²) < 4.78 is 5.39. The molecule has 1 N–H and O–H groups in total. The van der Waals surface area contributed by atoms with Crippen molar-refractivity contribution in [2.24, 2.45) is 0 Å². The van der Waals surface area contributed by atoms with Crippen molar-refractivity contribution in [2.45, 2.75) is 37.8 Å². The van der Waals surface area contributed by atoms with E-state index in [2.05, 4.69) is 5.32 Å². The standard InChI is InChI=1S/C11H20N2O2/c1-13(8-9-4-2-6-12-9)11(14)10-5-3-7-15-10/h9-10,12H,2-8H2,1H3/t9?,10-/m1/s1. The zero-order valence-electron chi connectivity index (χ0n) is 9.37. The van der Waals surface area contributed by atoms with Gasteiger partial charge in [-0.3, -0.25) is 4.79 Å². The van der Waals surface area contributed by atoms with Crippen molar-refractivity contribution in [3.05, 3.63) is 0 Å². The van der Waals surface area contributed by atoms with E-state index in [1.165, 1.54) is 12.8 Å². The zero-order valence-corrected chi connectivity index (χ0v) is 9.37. The van der Waals surface area contributed by atoms with Crippen molar-refractivity contribution >= 4 is 5.91 Å². The van der Waals surface area contributed by atoms with Crippen molar-refractivity contribution in [3.8, 4) is 0 Å². The maximum Gasteiger partial charge on any atom is 0.251 e. The van der Waals surface area contributed by atoms with Crippen molar-refractivity contribution in [1.29, 1.82) is 0 Å². The van der Waals surface area contributed by atoms with Crippen molar-refractivity contribution in [3.63, 3.8) is 0 Å². The minimum Gasteiger partial charge on any atom is -0.368 e. The molecule has 0 aromatic rings. The van der Waals surface area contributed by atoms with Gasteiger partial charge in [0.15, 0.2) is 0 Å². The van der Waals surface area contributed by atoms with E-state index in [9.17, 15) is 4.79 Å². The average molecular weight is 212 g/mol. The van der Waals surface area contributed by atoms with Crippen LogP contribution in [0.15, 0.2) is 0 Å². The SMILES string of the molecule is CN(CC1CCCN1)C(=O)[C@H]1CCCO1. The van der Waals surface area contributed by atoms with Gasteiger partial charge in [0.2, 0.25) is 0 Å². The predicted octanol–water partition coefficient (Wildman–Crippen LogP) is 0.376. The van der Waals surface area contributed by atoms with Gasteiger partial charge in [0.1, 0.15) is 6.10 Å². The van der Waals surface area contributed by atoms with Gasteiger partial charge in [0, 0.05) is 26.2 Å². The zero-order chi connectivity index (χ0) is 10.7. The number of likely N-dealkylation sites (N-methyl/N-ethyl adjacent to an activating group) is 1. The minimum absolute atomic E-state index is 0.154. The molecule has 4 heteroatoms. The molecule has 2 fully saturated rings. The molecule has 2 atom stereocenters. The van der Waals surface area contributed by atoms with Crippen LogP contribution in [0.2, 0.25) is 0 Å². The Morgan fingerprint density at radius 2 is 2.33 bits per heavy atom. The van der Waals surface area contributed by atoms with E-state index in [4.69, 9.17) is 4.74 Å². The van der Waals surface area contributed by atoms with Crippen LogP contribution in [0.25, 0.3) is 0 Å². The Morgan fingerprint density at radius 3 is 2.93 bits per heavy atom. The Balaban J connectivity index is 1.78. The smallest absolute Gasteiger partial charge is 0.251 e. The number of carbonyl (C=O) groups is 1. The highest BCUT2D eigenvalue weighted by atomic mass is 16.5. The molecule has 0 radical (unpaired) electrons. The highest BCUT2D eigenvalue weighted by Crippen LogP contribution is 2.15. The lowest BCUT2D eigenvalue weighted by Crippen LogP contribution is -2.42. The second-order valence-corrected chi connectivity index (χ2v) is 4.51. The molecule has 2 aliphatic rings. The van der Waals surface area contributed by atoms with Gasteiger partial charge in [0.25, 0.3) is 5.91 Å². The van der Waals surface area contributed by atoms with E-state index in [-0.39, 0.29) is 12.0 Å². The number of hydrogen-bond donors (Lipinski definition) is 1. The molecule has 0 aromatic heterocycles. The Bertz CT molecular complexity index is 221. The normalized spacial score (nSPS) is 30.7. The molecule has 86 valence electrons. The summed E-state index contributed by atoms with van der Waals surface area (Å²) in [6.45, 7) is 2.65. The highest BCUT2D eigenvalue weighted by Gasteiger charge is 2.28. The first-order valence-electron chi connectivity index (χ1n) is 5.87. The van der Waals surface area contributed by atoms with Gasteiger partial charge in [0.05, 0.1) is 0 Å². The molecular formula is C11H20N2O2. The summed E-state index contributed by atoms with van der Waals surface area (Å²) in [5.41, 5.74) is 0. The summed E-state index contributed by atoms with van der Waals surface area (Å²) >= 11 is 0. The van der Waals surface area contributed by atoms with Gasteiger partial charge in [-0.25, -0.2) is 0 Å². The number of hydrogen-bond acceptors (Lipinski definition) is 3. The number of carbonyl (C=O) groups excluding carboxylic acids is 1. The lowest BCUT2D eigenvalue weighted by atomic mass is 10.2. The van der Waals surface area contributed by atoms with Crippen LogP contribution in [0.3, 0.4) is 0 Å². The van der Waals surface area contributed by atoms with Crippen molar-refractivity contribution in [1.82, 2.24) is 10.2 Å². The molecule has 1 unspecified atom stereocenters. The largest absolute Gasteiger partial charge is 0.368 e. The van der Waals surface area contributed by atoms with E-state index in [1.54, 1.807) is 0 Å². The van der Waals surface area contributed by atoms with Crippen LogP contribution >= 0.6 is 0 Å². The molecule has 4 nitrogen and oxygen atoms in total. The molecule has 15 heavy (non-hydrogen) atoms. The van der Waals surface area contributed by atoms with Crippen molar-refractivity contribution < 1.29 is 9.53 Å². The molecule has 0 aliphatic carbocycles. The number of nitrogens with zero attached hydrogens (tertiary/aromatic N) is 1. The van der Waals surface area contributed by atoms with Crippen LogP contribution in [0, 0.1) is 0 Å². The quantitative estimate of drug-likeness (QED) is 0.735. The molecule has 0 aromatic carbocycles. The number of nitrogens with one attached hydrogen (secondary N) is 1. The van der Waals surface area contributed by atoms with Crippen LogP contribution < -0.4 is 5.32 Å². The summed E-state index contributed by atoms with van der Waals surface area (Å²) in [5.74, 6) is 0.154. The lowest BCUT2D eigenvalue weighted by Gasteiger charge is -2.23. The first-order valence-corrected chi connectivity index (χ1v) is 5.87. The molecular weight excluding hydrogens is 192 g/mol. The van der Waals surface area contributed by atoms with Gasteiger partial charge in [-0.15, -0.1) is 0 Å². The number of ether oxygens (including phenoxy) is 1. The van der Waals surface area contributed by atoms with Crippen LogP contribution in [-0.2, 0) is 9.53 Å². The summed E-state index contributed by atoms with van der Waals surface area (Å²) in [4.78, 5) is 13.7. The number of rotatable bonds is 3.